The van der Waals surface area contributed by atoms with Crippen molar-refractivity contribution in [3.8, 4) is 11.1 Å². The van der Waals surface area contributed by atoms with E-state index in [0.29, 0.717) is 23.1 Å². The second kappa shape index (κ2) is 15.6. The van der Waals surface area contributed by atoms with Gasteiger partial charge < -0.3 is 15.0 Å². The number of nitrogens with one attached hydrogen (secondary N) is 1. The fourth-order valence-corrected chi connectivity index (χ4v) is 6.23. The van der Waals surface area contributed by atoms with E-state index in [2.05, 4.69) is 29.3 Å². The third kappa shape index (κ3) is 9.19. The zero-order chi connectivity index (χ0) is 32.5. The summed E-state index contributed by atoms with van der Waals surface area (Å²) in [5.41, 5.74) is 1.79. The van der Waals surface area contributed by atoms with Crippen molar-refractivity contribution < 1.29 is 27.5 Å². The van der Waals surface area contributed by atoms with E-state index in [1.807, 2.05) is 32.0 Å². The molecule has 1 N–H and O–H groups in total. The second-order valence-corrected chi connectivity index (χ2v) is 12.2. The molecular weight excluding hydrogens is 577 g/mol. The van der Waals surface area contributed by atoms with Crippen molar-refractivity contribution in [3.63, 3.8) is 0 Å². The van der Waals surface area contributed by atoms with Crippen molar-refractivity contribution in [2.75, 3.05) is 19.6 Å². The van der Waals surface area contributed by atoms with Crippen molar-refractivity contribution in [2.24, 2.45) is 0 Å². The number of amides is 1. The maximum atomic E-state index is 13.3. The molecule has 1 fully saturated rings. The lowest BCUT2D eigenvalue weighted by atomic mass is 9.72. The number of esters is 1. The zero-order valence-corrected chi connectivity index (χ0v) is 26.5. The molecule has 1 aliphatic heterocycles. The molecule has 1 heterocycles. The number of benzene rings is 3. The van der Waals surface area contributed by atoms with Gasteiger partial charge in [0, 0.05) is 30.1 Å². The summed E-state index contributed by atoms with van der Waals surface area (Å²) in [6, 6.07) is 22.2. The molecule has 2 unspecified atom stereocenters. The summed E-state index contributed by atoms with van der Waals surface area (Å²) in [7, 11) is 0. The van der Waals surface area contributed by atoms with Crippen molar-refractivity contribution >= 4 is 11.9 Å². The molecule has 1 aliphatic rings. The van der Waals surface area contributed by atoms with Crippen LogP contribution in [0.15, 0.2) is 78.9 Å². The largest absolute Gasteiger partial charge is 0.463 e. The van der Waals surface area contributed by atoms with E-state index in [1.165, 1.54) is 17.7 Å². The van der Waals surface area contributed by atoms with Crippen LogP contribution in [0.25, 0.3) is 11.1 Å². The summed E-state index contributed by atoms with van der Waals surface area (Å²) in [4.78, 5) is 28.6. The highest BCUT2D eigenvalue weighted by Crippen LogP contribution is 2.37. The van der Waals surface area contributed by atoms with Gasteiger partial charge in [0.15, 0.2) is 0 Å². The van der Waals surface area contributed by atoms with Gasteiger partial charge in [0.25, 0.3) is 5.91 Å². The molecule has 0 aliphatic carbocycles. The zero-order valence-electron chi connectivity index (χ0n) is 26.5. The van der Waals surface area contributed by atoms with E-state index in [4.69, 9.17) is 4.74 Å². The average molecular weight is 623 g/mol. The Bertz CT molecular complexity index is 1390. The van der Waals surface area contributed by atoms with Crippen LogP contribution < -0.4 is 5.32 Å². The van der Waals surface area contributed by atoms with Crippen molar-refractivity contribution in [3.05, 3.63) is 95.6 Å². The van der Waals surface area contributed by atoms with Gasteiger partial charge in [-0.25, -0.2) is 0 Å². The molecule has 0 saturated carbocycles. The van der Waals surface area contributed by atoms with Gasteiger partial charge in [-0.3, -0.25) is 9.59 Å². The number of hydrogen-bond acceptors (Lipinski definition) is 4. The van der Waals surface area contributed by atoms with Crippen molar-refractivity contribution in [2.45, 2.75) is 89.5 Å². The van der Waals surface area contributed by atoms with E-state index >= 15 is 0 Å². The first kappa shape index (κ1) is 34.2. The van der Waals surface area contributed by atoms with Gasteiger partial charge in [0.1, 0.15) is 0 Å². The molecule has 3 aromatic carbocycles. The molecule has 0 radical (unpaired) electrons. The predicted octanol–water partition coefficient (Wildman–Crippen LogP) is 8.43. The number of nitrogens with zero attached hydrogens (tertiary/aromatic N) is 1. The molecule has 0 spiro atoms. The summed E-state index contributed by atoms with van der Waals surface area (Å²) < 4.78 is 44.8. The number of piperidine rings is 1. The van der Waals surface area contributed by atoms with E-state index in [9.17, 15) is 22.8 Å². The number of halogens is 3. The van der Waals surface area contributed by atoms with Gasteiger partial charge in [-0.2, -0.15) is 13.2 Å². The molecular formula is C37H45F3N2O3. The van der Waals surface area contributed by atoms with Crippen LogP contribution in [-0.2, 0) is 21.1 Å². The van der Waals surface area contributed by atoms with Crippen LogP contribution in [0.4, 0.5) is 13.2 Å². The summed E-state index contributed by atoms with van der Waals surface area (Å²) in [6.07, 6.45) is 0.930. The van der Waals surface area contributed by atoms with Gasteiger partial charge in [-0.05, 0) is 86.9 Å². The number of carbonyl (C=O) groups is 2. The molecule has 1 amide bonds. The quantitative estimate of drug-likeness (QED) is 0.195. The first-order valence-electron chi connectivity index (χ1n) is 16.1. The Morgan fingerprint density at radius 3 is 2.18 bits per heavy atom. The molecule has 3 aromatic rings. The van der Waals surface area contributed by atoms with Gasteiger partial charge in [-0.15, -0.1) is 0 Å². The molecule has 0 aromatic heterocycles. The maximum absolute atomic E-state index is 13.3. The Kier molecular flexibility index (Phi) is 11.8. The third-order valence-electron chi connectivity index (χ3n) is 9.20. The lowest BCUT2D eigenvalue weighted by molar-refractivity contribution is -0.150. The Hall–Kier alpha value is -3.65. The molecule has 8 heteroatoms. The average Bonchev–Trinajstić information content (AvgIpc) is 3.05. The summed E-state index contributed by atoms with van der Waals surface area (Å²) in [6.45, 7) is 8.70. The van der Waals surface area contributed by atoms with Crippen LogP contribution in [0.5, 0.6) is 0 Å². The lowest BCUT2D eigenvalue weighted by Crippen LogP contribution is -2.45. The molecule has 5 nitrogen and oxygen atoms in total. The first-order valence-corrected chi connectivity index (χ1v) is 16.1. The van der Waals surface area contributed by atoms with Crippen LogP contribution in [0.1, 0.15) is 87.2 Å². The SMILES string of the molecule is CCC(C)OC(=O)CC(CC)(CCCN1CCC(NC(=O)c2ccccc2-c2ccc(C(F)(F)F)cc2)CC1)c1ccccc1. The highest BCUT2D eigenvalue weighted by atomic mass is 19.4. The highest BCUT2D eigenvalue weighted by molar-refractivity contribution is 6.01. The maximum Gasteiger partial charge on any atom is 0.416 e. The number of hydrogen-bond donors (Lipinski definition) is 1. The fourth-order valence-electron chi connectivity index (χ4n) is 6.23. The molecule has 242 valence electrons. The van der Waals surface area contributed by atoms with Gasteiger partial charge in [-0.1, -0.05) is 74.5 Å². The summed E-state index contributed by atoms with van der Waals surface area (Å²) in [5, 5.41) is 3.16. The smallest absolute Gasteiger partial charge is 0.416 e. The van der Waals surface area contributed by atoms with Crippen molar-refractivity contribution in [1.29, 1.82) is 0 Å². The number of likely N-dealkylation sites (tertiary alicyclic amines) is 1. The van der Waals surface area contributed by atoms with Crippen molar-refractivity contribution in [1.82, 2.24) is 10.2 Å². The molecule has 4 rings (SSSR count). The fraction of sp³-hybridized carbons (Fsp3) is 0.459. The minimum Gasteiger partial charge on any atom is -0.463 e. The lowest BCUT2D eigenvalue weighted by Gasteiger charge is -2.36. The minimum atomic E-state index is -4.41. The highest BCUT2D eigenvalue weighted by Gasteiger charge is 2.34. The summed E-state index contributed by atoms with van der Waals surface area (Å²) >= 11 is 0. The Balaban J connectivity index is 1.32. The molecule has 45 heavy (non-hydrogen) atoms. The van der Waals surface area contributed by atoms with Crippen LogP contribution in [0.2, 0.25) is 0 Å². The van der Waals surface area contributed by atoms with E-state index in [1.54, 1.807) is 24.3 Å². The third-order valence-corrected chi connectivity index (χ3v) is 9.20. The first-order chi connectivity index (χ1) is 21.5. The predicted molar refractivity (Wildman–Crippen MR) is 172 cm³/mol. The number of ether oxygens (including phenoxy) is 1. The van der Waals surface area contributed by atoms with Crippen LogP contribution in [-0.4, -0.2) is 48.6 Å². The van der Waals surface area contributed by atoms with Gasteiger partial charge >= 0.3 is 12.1 Å². The Morgan fingerprint density at radius 2 is 1.56 bits per heavy atom. The molecule has 0 bridgehead atoms. The number of alkyl halides is 3. The van der Waals surface area contributed by atoms with Crippen LogP contribution in [0.3, 0.4) is 0 Å². The number of rotatable bonds is 13. The Labute approximate surface area is 265 Å². The topological polar surface area (TPSA) is 58.6 Å². The van der Waals surface area contributed by atoms with E-state index in [0.717, 1.165) is 70.3 Å². The minimum absolute atomic E-state index is 0.0174. The normalized spacial score (nSPS) is 16.5. The van der Waals surface area contributed by atoms with Gasteiger partial charge in [0.05, 0.1) is 18.1 Å². The van der Waals surface area contributed by atoms with Gasteiger partial charge in [0.2, 0.25) is 0 Å². The van der Waals surface area contributed by atoms with E-state index < -0.39 is 11.7 Å². The standard InChI is InChI=1S/C37H45F3N2O3/c1-4-27(3)45-34(43)26-36(5-2,29-12-7-6-8-13-29)22-11-23-42-24-20-31(21-25-42)41-35(44)33-15-10-9-14-32(33)28-16-18-30(19-17-28)37(38,39)40/h6-10,12-19,27,31H,4-5,11,20-26H2,1-3H3,(H,41,44). The molecule has 1 saturated heterocycles. The number of carbonyl (C=O) groups excluding carboxylic acids is 2. The second-order valence-electron chi connectivity index (χ2n) is 12.2. The summed E-state index contributed by atoms with van der Waals surface area (Å²) in [5.74, 6) is -0.365. The van der Waals surface area contributed by atoms with Crippen LogP contribution in [0, 0.1) is 0 Å². The van der Waals surface area contributed by atoms with E-state index in [-0.39, 0.29) is 29.4 Å². The Morgan fingerprint density at radius 1 is 0.911 bits per heavy atom. The van der Waals surface area contributed by atoms with Crippen LogP contribution >= 0.6 is 0 Å². The monoisotopic (exact) mass is 622 g/mol. The molecule has 2 atom stereocenters.